The Kier molecular flexibility index (Phi) is 4.98. The average Bonchev–Trinajstić information content (AvgIpc) is 2.81. The van der Waals surface area contributed by atoms with E-state index in [2.05, 4.69) is 72.3 Å². The van der Waals surface area contributed by atoms with Gasteiger partial charge >= 0.3 is 0 Å². The van der Waals surface area contributed by atoms with Gasteiger partial charge in [0, 0.05) is 29.6 Å². The molecule has 3 heteroatoms. The largest absolute Gasteiger partial charge is 0.492 e. The summed E-state index contributed by atoms with van der Waals surface area (Å²) in [4.78, 5) is 0. The first-order valence-electron chi connectivity index (χ1n) is 9.76. The monoisotopic (exact) mass is 348 g/mol. The van der Waals surface area contributed by atoms with Gasteiger partial charge in [-0.15, -0.1) is 0 Å². The van der Waals surface area contributed by atoms with Crippen LogP contribution in [0.3, 0.4) is 0 Å². The zero-order valence-corrected chi connectivity index (χ0v) is 15.8. The number of ether oxygens (including phenoxy) is 1. The molecule has 1 N–H and O–H groups in total. The first-order chi connectivity index (χ1) is 12.7. The van der Waals surface area contributed by atoms with Gasteiger partial charge in [0.2, 0.25) is 0 Å². The molecular weight excluding hydrogens is 320 g/mol. The van der Waals surface area contributed by atoms with Crippen LogP contribution in [0.15, 0.2) is 48.5 Å². The lowest BCUT2D eigenvalue weighted by Crippen LogP contribution is -2.18. The molecule has 3 nitrogen and oxygen atoms in total. The van der Waals surface area contributed by atoms with Crippen LogP contribution in [-0.2, 0) is 19.4 Å². The number of nitrogens with one attached hydrogen (secondary N) is 1. The fraction of sp³-hybridized carbons (Fsp3) is 0.391. The van der Waals surface area contributed by atoms with E-state index in [1.165, 1.54) is 27.7 Å². The van der Waals surface area contributed by atoms with Gasteiger partial charge in [0.05, 0.1) is 6.54 Å². The number of hydrogen-bond acceptors (Lipinski definition) is 2. The normalized spacial score (nSPS) is 14.4. The summed E-state index contributed by atoms with van der Waals surface area (Å²) in [6.07, 6.45) is 2.20. The Morgan fingerprint density at radius 1 is 1.04 bits per heavy atom. The van der Waals surface area contributed by atoms with E-state index in [1.807, 2.05) is 0 Å². The van der Waals surface area contributed by atoms with Crippen molar-refractivity contribution < 1.29 is 4.74 Å². The summed E-state index contributed by atoms with van der Waals surface area (Å²) in [5, 5.41) is 4.94. The Bertz CT molecular complexity index is 894. The van der Waals surface area contributed by atoms with Gasteiger partial charge in [-0.05, 0) is 48.2 Å². The fourth-order valence-electron chi connectivity index (χ4n) is 4.01. The van der Waals surface area contributed by atoms with Gasteiger partial charge < -0.3 is 14.6 Å². The van der Waals surface area contributed by atoms with E-state index in [0.717, 1.165) is 38.2 Å². The van der Waals surface area contributed by atoms with Crippen molar-refractivity contribution in [1.82, 2.24) is 9.88 Å². The van der Waals surface area contributed by atoms with Crippen molar-refractivity contribution in [2.75, 3.05) is 19.7 Å². The fourth-order valence-corrected chi connectivity index (χ4v) is 4.01. The van der Waals surface area contributed by atoms with Crippen molar-refractivity contribution in [1.29, 1.82) is 0 Å². The molecule has 4 rings (SSSR count). The molecule has 0 fully saturated rings. The Morgan fingerprint density at radius 2 is 1.88 bits per heavy atom. The van der Waals surface area contributed by atoms with Gasteiger partial charge in [-0.2, -0.15) is 0 Å². The second-order valence-electron chi connectivity index (χ2n) is 7.42. The predicted octanol–water partition coefficient (Wildman–Crippen LogP) is 4.53. The molecule has 0 saturated heterocycles. The number of fused-ring (bicyclic) bond motifs is 3. The smallest absolute Gasteiger partial charge is 0.119 e. The highest BCUT2D eigenvalue weighted by Gasteiger charge is 2.18. The first-order valence-corrected chi connectivity index (χ1v) is 9.76. The summed E-state index contributed by atoms with van der Waals surface area (Å²) in [6, 6.07) is 17.3. The highest BCUT2D eigenvalue weighted by atomic mass is 16.5. The topological polar surface area (TPSA) is 26.2 Å². The maximum absolute atomic E-state index is 6.10. The molecule has 136 valence electrons. The van der Waals surface area contributed by atoms with E-state index in [1.54, 1.807) is 0 Å². The molecule has 1 aromatic heterocycles. The molecule has 26 heavy (non-hydrogen) atoms. The van der Waals surface area contributed by atoms with Gasteiger partial charge in [0.25, 0.3) is 0 Å². The van der Waals surface area contributed by atoms with Gasteiger partial charge in [-0.1, -0.05) is 44.2 Å². The number of nitrogens with zero attached hydrogens (tertiary/aromatic N) is 1. The van der Waals surface area contributed by atoms with E-state index >= 15 is 0 Å². The first kappa shape index (κ1) is 17.2. The lowest BCUT2D eigenvalue weighted by Gasteiger charge is -2.13. The molecule has 0 unspecified atom stereocenters. The third kappa shape index (κ3) is 3.36. The van der Waals surface area contributed by atoms with Crippen molar-refractivity contribution in [3.05, 3.63) is 65.4 Å². The van der Waals surface area contributed by atoms with Crippen LogP contribution in [-0.4, -0.2) is 24.3 Å². The molecule has 1 aliphatic rings. The number of hydrogen-bond donors (Lipinski definition) is 1. The zero-order chi connectivity index (χ0) is 17.9. The van der Waals surface area contributed by atoms with Gasteiger partial charge in [0.15, 0.2) is 0 Å². The van der Waals surface area contributed by atoms with E-state index in [4.69, 9.17) is 4.74 Å². The molecule has 0 amide bonds. The third-order valence-electron chi connectivity index (χ3n) is 5.39. The minimum absolute atomic E-state index is 0.523. The highest BCUT2D eigenvalue weighted by Crippen LogP contribution is 2.28. The van der Waals surface area contributed by atoms with Crippen molar-refractivity contribution in [2.45, 2.75) is 39.2 Å². The number of para-hydroxylation sites is 1. The highest BCUT2D eigenvalue weighted by molar-refractivity contribution is 5.85. The second kappa shape index (κ2) is 7.55. The predicted molar refractivity (Wildman–Crippen MR) is 108 cm³/mol. The quantitative estimate of drug-likeness (QED) is 0.733. The van der Waals surface area contributed by atoms with E-state index in [9.17, 15) is 0 Å². The summed E-state index contributed by atoms with van der Waals surface area (Å²) in [5.41, 5.74) is 5.68. The summed E-state index contributed by atoms with van der Waals surface area (Å²) < 4.78 is 8.58. The number of benzene rings is 2. The van der Waals surface area contributed by atoms with Gasteiger partial charge in [0.1, 0.15) is 12.4 Å². The molecule has 3 aromatic rings. The molecule has 2 heterocycles. The molecule has 0 aliphatic carbocycles. The van der Waals surface area contributed by atoms with Crippen molar-refractivity contribution in [3.8, 4) is 5.75 Å². The molecule has 0 atom stereocenters. The van der Waals surface area contributed by atoms with Crippen LogP contribution in [0.2, 0.25) is 0 Å². The average molecular weight is 348 g/mol. The van der Waals surface area contributed by atoms with Crippen LogP contribution < -0.4 is 10.1 Å². The van der Waals surface area contributed by atoms with Crippen molar-refractivity contribution in [2.24, 2.45) is 0 Å². The molecule has 2 aromatic carbocycles. The van der Waals surface area contributed by atoms with E-state index < -0.39 is 0 Å². The van der Waals surface area contributed by atoms with Crippen LogP contribution in [0.4, 0.5) is 0 Å². The summed E-state index contributed by atoms with van der Waals surface area (Å²) in [7, 11) is 0. The molecule has 0 bridgehead atoms. The van der Waals surface area contributed by atoms with E-state index in [0.29, 0.717) is 12.5 Å². The Balaban J connectivity index is 1.56. The molecule has 1 aliphatic heterocycles. The maximum Gasteiger partial charge on any atom is 0.119 e. The second-order valence-corrected chi connectivity index (χ2v) is 7.42. The van der Waals surface area contributed by atoms with Crippen LogP contribution >= 0.6 is 0 Å². The molecular formula is C23H28N2O. The maximum atomic E-state index is 6.10. The van der Waals surface area contributed by atoms with Gasteiger partial charge in [-0.25, -0.2) is 0 Å². The van der Waals surface area contributed by atoms with Crippen LogP contribution in [0.25, 0.3) is 10.9 Å². The Hall–Kier alpha value is -2.26. The number of rotatable bonds is 5. The van der Waals surface area contributed by atoms with Crippen LogP contribution in [0.1, 0.15) is 36.6 Å². The number of aromatic nitrogens is 1. The minimum Gasteiger partial charge on any atom is -0.492 e. The summed E-state index contributed by atoms with van der Waals surface area (Å²) in [5.74, 6) is 1.50. The standard InChI is InChI=1S/C23H28N2O/c1-17(2)18-6-5-7-19(16-18)26-15-14-25-22-9-4-3-8-20(22)21-10-12-24-13-11-23(21)25/h3-9,16-17,24H,10-15H2,1-2H3. The summed E-state index contributed by atoms with van der Waals surface area (Å²) in [6.45, 7) is 8.14. The van der Waals surface area contributed by atoms with Crippen LogP contribution in [0.5, 0.6) is 5.75 Å². The minimum atomic E-state index is 0.523. The van der Waals surface area contributed by atoms with Crippen molar-refractivity contribution >= 4 is 10.9 Å². The zero-order valence-electron chi connectivity index (χ0n) is 15.8. The SMILES string of the molecule is CC(C)c1cccc(OCCn2c3c(c4ccccc42)CCNCC3)c1. The van der Waals surface area contributed by atoms with Crippen molar-refractivity contribution in [3.63, 3.8) is 0 Å². The lowest BCUT2D eigenvalue weighted by atomic mass is 10.0. The van der Waals surface area contributed by atoms with E-state index in [-0.39, 0.29) is 0 Å². The van der Waals surface area contributed by atoms with Crippen LogP contribution in [0, 0.1) is 0 Å². The van der Waals surface area contributed by atoms with Gasteiger partial charge in [-0.3, -0.25) is 0 Å². The molecule has 0 saturated carbocycles. The Labute approximate surface area is 156 Å². The third-order valence-corrected chi connectivity index (χ3v) is 5.39. The Morgan fingerprint density at radius 3 is 2.77 bits per heavy atom. The molecule has 0 spiro atoms. The molecule has 0 radical (unpaired) electrons. The lowest BCUT2D eigenvalue weighted by molar-refractivity contribution is 0.298. The summed E-state index contributed by atoms with van der Waals surface area (Å²) >= 11 is 0.